The Balaban J connectivity index is 1.86. The van der Waals surface area contributed by atoms with Crippen molar-refractivity contribution in [2.45, 2.75) is 19.5 Å². The molecule has 2 heterocycles. The molecule has 0 aliphatic heterocycles. The number of nitrogens with one attached hydrogen (secondary N) is 3. The molecule has 0 saturated heterocycles. The second-order valence-electron chi connectivity index (χ2n) is 5.75. The fraction of sp³-hybridized carbons (Fsp3) is 0.294. The van der Waals surface area contributed by atoms with Crippen LogP contribution in [0.3, 0.4) is 0 Å². The molecule has 0 fully saturated rings. The number of carbonyl (C=O) groups excluding carboxylic acids is 3. The second-order valence-corrected chi connectivity index (χ2v) is 5.75. The molecule has 4 amide bonds. The number of aromatic nitrogens is 1. The molecule has 9 nitrogen and oxygen atoms in total. The molecule has 0 saturated carbocycles. The zero-order valence-electron chi connectivity index (χ0n) is 14.8. The Labute approximate surface area is 150 Å². The highest BCUT2D eigenvalue weighted by Crippen LogP contribution is 2.08. The van der Waals surface area contributed by atoms with Crippen molar-refractivity contribution < 1.29 is 18.8 Å². The third-order valence-electron chi connectivity index (χ3n) is 3.41. The summed E-state index contributed by atoms with van der Waals surface area (Å²) < 4.78 is 5.12. The lowest BCUT2D eigenvalue weighted by Crippen LogP contribution is -2.46. The maximum absolute atomic E-state index is 12.0. The Bertz CT molecular complexity index is 773. The Morgan fingerprint density at radius 2 is 2.04 bits per heavy atom. The first-order chi connectivity index (χ1) is 12.4. The average Bonchev–Trinajstić information content (AvgIpc) is 3.12. The predicted molar refractivity (Wildman–Crippen MR) is 94.4 cm³/mol. The SMILES string of the molecule is C[C@H](NC(=O)Nc1cc(C(=O)N(C)C)ccn1)C(=O)NCc1ccco1. The minimum Gasteiger partial charge on any atom is -0.467 e. The van der Waals surface area contributed by atoms with Gasteiger partial charge in [0.15, 0.2) is 0 Å². The molecule has 0 bridgehead atoms. The number of furan rings is 1. The van der Waals surface area contributed by atoms with E-state index in [0.29, 0.717) is 11.3 Å². The molecule has 0 aromatic carbocycles. The van der Waals surface area contributed by atoms with Crippen LogP contribution < -0.4 is 16.0 Å². The Morgan fingerprint density at radius 1 is 1.27 bits per heavy atom. The highest BCUT2D eigenvalue weighted by Gasteiger charge is 2.16. The van der Waals surface area contributed by atoms with Crippen LogP contribution in [-0.4, -0.2) is 47.9 Å². The Kier molecular flexibility index (Phi) is 6.31. The summed E-state index contributed by atoms with van der Waals surface area (Å²) in [7, 11) is 3.26. The summed E-state index contributed by atoms with van der Waals surface area (Å²) in [6.45, 7) is 1.78. The lowest BCUT2D eigenvalue weighted by Gasteiger charge is -2.15. The summed E-state index contributed by atoms with van der Waals surface area (Å²) >= 11 is 0. The molecule has 9 heteroatoms. The van der Waals surface area contributed by atoms with E-state index >= 15 is 0 Å². The highest BCUT2D eigenvalue weighted by molar-refractivity contribution is 5.96. The summed E-state index contributed by atoms with van der Waals surface area (Å²) in [4.78, 5) is 41.3. The number of urea groups is 1. The van der Waals surface area contributed by atoms with Gasteiger partial charge in [-0.15, -0.1) is 0 Å². The Morgan fingerprint density at radius 3 is 2.69 bits per heavy atom. The monoisotopic (exact) mass is 359 g/mol. The van der Waals surface area contributed by atoms with Crippen molar-refractivity contribution in [3.05, 3.63) is 48.0 Å². The van der Waals surface area contributed by atoms with E-state index in [4.69, 9.17) is 4.42 Å². The number of carbonyl (C=O) groups is 3. The van der Waals surface area contributed by atoms with Crippen LogP contribution in [0.15, 0.2) is 41.1 Å². The molecule has 0 aliphatic rings. The number of nitrogens with zero attached hydrogens (tertiary/aromatic N) is 2. The van der Waals surface area contributed by atoms with E-state index in [-0.39, 0.29) is 24.2 Å². The van der Waals surface area contributed by atoms with Gasteiger partial charge < -0.3 is 20.0 Å². The van der Waals surface area contributed by atoms with Gasteiger partial charge in [0.1, 0.15) is 17.6 Å². The fourth-order valence-corrected chi connectivity index (χ4v) is 2.05. The number of pyridine rings is 1. The van der Waals surface area contributed by atoms with Gasteiger partial charge in [-0.2, -0.15) is 0 Å². The largest absolute Gasteiger partial charge is 0.467 e. The predicted octanol–water partition coefficient (Wildman–Crippen LogP) is 1.20. The van der Waals surface area contributed by atoms with Crippen molar-refractivity contribution in [3.8, 4) is 0 Å². The molecule has 0 aliphatic carbocycles. The normalized spacial score (nSPS) is 11.3. The van der Waals surface area contributed by atoms with Gasteiger partial charge >= 0.3 is 6.03 Å². The summed E-state index contributed by atoms with van der Waals surface area (Å²) in [6, 6.07) is 5.10. The lowest BCUT2D eigenvalue weighted by atomic mass is 10.2. The van der Waals surface area contributed by atoms with Crippen molar-refractivity contribution in [2.24, 2.45) is 0 Å². The molecule has 3 N–H and O–H groups in total. The van der Waals surface area contributed by atoms with E-state index < -0.39 is 12.1 Å². The lowest BCUT2D eigenvalue weighted by molar-refractivity contribution is -0.122. The van der Waals surface area contributed by atoms with E-state index in [1.165, 1.54) is 23.4 Å². The van der Waals surface area contributed by atoms with Gasteiger partial charge in [0.05, 0.1) is 12.8 Å². The Hall–Kier alpha value is -3.36. The van der Waals surface area contributed by atoms with Gasteiger partial charge in [0.25, 0.3) is 5.91 Å². The number of anilines is 1. The average molecular weight is 359 g/mol. The number of rotatable bonds is 6. The first-order valence-electron chi connectivity index (χ1n) is 7.92. The van der Waals surface area contributed by atoms with Crippen LogP contribution in [0.1, 0.15) is 23.0 Å². The zero-order valence-corrected chi connectivity index (χ0v) is 14.8. The first kappa shape index (κ1) is 19.0. The van der Waals surface area contributed by atoms with Crippen LogP contribution in [0, 0.1) is 0 Å². The molecular weight excluding hydrogens is 338 g/mol. The molecule has 0 unspecified atom stereocenters. The van der Waals surface area contributed by atoms with E-state index in [2.05, 4.69) is 20.9 Å². The smallest absolute Gasteiger partial charge is 0.321 e. The number of hydrogen-bond donors (Lipinski definition) is 3. The number of amides is 4. The number of hydrogen-bond acceptors (Lipinski definition) is 5. The van der Waals surface area contributed by atoms with Gasteiger partial charge in [-0.05, 0) is 31.2 Å². The molecular formula is C17H21N5O4. The van der Waals surface area contributed by atoms with Crippen molar-refractivity contribution >= 4 is 23.7 Å². The van der Waals surface area contributed by atoms with Gasteiger partial charge in [-0.3, -0.25) is 14.9 Å². The molecule has 2 rings (SSSR count). The van der Waals surface area contributed by atoms with Crippen molar-refractivity contribution in [1.29, 1.82) is 0 Å². The van der Waals surface area contributed by atoms with Crippen LogP contribution in [-0.2, 0) is 11.3 Å². The minimum atomic E-state index is -0.767. The van der Waals surface area contributed by atoms with Crippen LogP contribution in [0.25, 0.3) is 0 Å². The molecule has 2 aromatic rings. The van der Waals surface area contributed by atoms with E-state index in [9.17, 15) is 14.4 Å². The molecule has 0 radical (unpaired) electrons. The van der Waals surface area contributed by atoms with Crippen LogP contribution in [0.4, 0.5) is 10.6 Å². The van der Waals surface area contributed by atoms with Crippen LogP contribution in [0.2, 0.25) is 0 Å². The zero-order chi connectivity index (χ0) is 19.1. The van der Waals surface area contributed by atoms with Crippen molar-refractivity contribution in [2.75, 3.05) is 19.4 Å². The second kappa shape index (κ2) is 8.65. The summed E-state index contributed by atoms with van der Waals surface area (Å²) in [5.74, 6) is 0.252. The highest BCUT2D eigenvalue weighted by atomic mass is 16.3. The van der Waals surface area contributed by atoms with Gasteiger partial charge in [0, 0.05) is 25.9 Å². The molecule has 1 atom stereocenters. The summed E-state index contributed by atoms with van der Waals surface area (Å²) in [6.07, 6.45) is 2.94. The van der Waals surface area contributed by atoms with Gasteiger partial charge in [0.2, 0.25) is 5.91 Å². The van der Waals surface area contributed by atoms with Gasteiger partial charge in [-0.1, -0.05) is 0 Å². The maximum Gasteiger partial charge on any atom is 0.321 e. The third-order valence-corrected chi connectivity index (χ3v) is 3.41. The quantitative estimate of drug-likeness (QED) is 0.717. The van der Waals surface area contributed by atoms with E-state index in [0.717, 1.165) is 0 Å². The van der Waals surface area contributed by atoms with Crippen molar-refractivity contribution in [3.63, 3.8) is 0 Å². The first-order valence-corrected chi connectivity index (χ1v) is 7.92. The fourth-order valence-electron chi connectivity index (χ4n) is 2.05. The topological polar surface area (TPSA) is 117 Å². The van der Waals surface area contributed by atoms with Crippen LogP contribution >= 0.6 is 0 Å². The maximum atomic E-state index is 12.0. The van der Waals surface area contributed by atoms with E-state index in [1.54, 1.807) is 39.2 Å². The van der Waals surface area contributed by atoms with Crippen LogP contribution in [0.5, 0.6) is 0 Å². The molecule has 138 valence electrons. The van der Waals surface area contributed by atoms with Crippen molar-refractivity contribution in [1.82, 2.24) is 20.5 Å². The summed E-state index contributed by atoms with van der Waals surface area (Å²) in [5.41, 5.74) is 0.393. The summed E-state index contributed by atoms with van der Waals surface area (Å²) in [5, 5.41) is 7.65. The van der Waals surface area contributed by atoms with Gasteiger partial charge in [-0.25, -0.2) is 9.78 Å². The molecule has 2 aromatic heterocycles. The van der Waals surface area contributed by atoms with E-state index in [1.807, 2.05) is 0 Å². The molecule has 0 spiro atoms. The molecule has 26 heavy (non-hydrogen) atoms. The standard InChI is InChI=1S/C17H21N5O4/c1-11(15(23)19-10-13-5-4-8-26-13)20-17(25)21-14-9-12(6-7-18-14)16(24)22(2)3/h4-9,11H,10H2,1-3H3,(H,19,23)(H2,18,20,21,25)/t11-/m0/s1. The minimum absolute atomic E-state index is 0.207. The third kappa shape index (κ3) is 5.33.